The summed E-state index contributed by atoms with van der Waals surface area (Å²) in [7, 11) is 1.68. The summed E-state index contributed by atoms with van der Waals surface area (Å²) < 4.78 is 5.07. The fourth-order valence-corrected chi connectivity index (χ4v) is 1.60. The molecule has 3 heteroatoms. The average Bonchev–Trinajstić information content (AvgIpc) is 2.49. The third-order valence-electron chi connectivity index (χ3n) is 2.03. The number of fused-ring (bicyclic) bond motifs is 1. The van der Waals surface area contributed by atoms with Crippen molar-refractivity contribution in [1.29, 1.82) is 0 Å². The molecule has 0 atom stereocenters. The lowest BCUT2D eigenvalue weighted by Crippen LogP contribution is -1.83. The van der Waals surface area contributed by atoms with E-state index in [9.17, 15) is 0 Å². The summed E-state index contributed by atoms with van der Waals surface area (Å²) in [5.74, 6) is 0. The molecule has 0 radical (unpaired) electrons. The number of ether oxygens (including phenoxy) is 1. The van der Waals surface area contributed by atoms with E-state index in [2.05, 4.69) is 4.98 Å². The third kappa shape index (κ3) is 1.55. The molecule has 1 aromatic heterocycles. The summed E-state index contributed by atoms with van der Waals surface area (Å²) in [4.78, 5) is 3.16. The smallest absolute Gasteiger partial charge is 0.0733 e. The summed E-state index contributed by atoms with van der Waals surface area (Å²) in [5, 5.41) is 1.89. The minimum atomic E-state index is 0.611. The molecule has 0 fully saturated rings. The highest BCUT2D eigenvalue weighted by molar-refractivity contribution is 6.31. The highest BCUT2D eigenvalue weighted by Crippen LogP contribution is 2.22. The topological polar surface area (TPSA) is 25.0 Å². The van der Waals surface area contributed by atoms with Crippen molar-refractivity contribution in [2.24, 2.45) is 0 Å². The van der Waals surface area contributed by atoms with E-state index in [1.54, 1.807) is 7.11 Å². The maximum Gasteiger partial charge on any atom is 0.0733 e. The van der Waals surface area contributed by atoms with Gasteiger partial charge in [-0.15, -0.1) is 0 Å². The van der Waals surface area contributed by atoms with Crippen LogP contribution in [-0.4, -0.2) is 12.1 Å². The Bertz CT molecular complexity index is 422. The lowest BCUT2D eigenvalue weighted by Gasteiger charge is -1.96. The van der Waals surface area contributed by atoms with E-state index in [-0.39, 0.29) is 0 Å². The van der Waals surface area contributed by atoms with Crippen LogP contribution in [0.2, 0.25) is 5.02 Å². The zero-order valence-corrected chi connectivity index (χ0v) is 8.06. The maximum absolute atomic E-state index is 5.89. The first-order valence-corrected chi connectivity index (χ1v) is 4.43. The van der Waals surface area contributed by atoms with Gasteiger partial charge in [0, 0.05) is 34.8 Å². The summed E-state index contributed by atoms with van der Waals surface area (Å²) in [6.45, 7) is 0.611. The lowest BCUT2D eigenvalue weighted by atomic mass is 10.2. The number of aromatic amines is 1. The van der Waals surface area contributed by atoms with Crippen molar-refractivity contribution in [3.8, 4) is 0 Å². The molecule has 0 aliphatic rings. The molecule has 0 unspecified atom stereocenters. The van der Waals surface area contributed by atoms with Gasteiger partial charge in [0.2, 0.25) is 0 Å². The van der Waals surface area contributed by atoms with Gasteiger partial charge in [0.25, 0.3) is 0 Å². The Kier molecular flexibility index (Phi) is 2.25. The van der Waals surface area contributed by atoms with Crippen LogP contribution in [0.5, 0.6) is 0 Å². The predicted molar refractivity (Wildman–Crippen MR) is 54.0 cm³/mol. The fraction of sp³-hybridized carbons (Fsp3) is 0.200. The van der Waals surface area contributed by atoms with E-state index in [4.69, 9.17) is 16.3 Å². The predicted octanol–water partition coefficient (Wildman–Crippen LogP) is 2.97. The SMILES string of the molecule is COCc1c[nH]c2ccc(Cl)cc12. The molecular weight excluding hydrogens is 186 g/mol. The van der Waals surface area contributed by atoms with Gasteiger partial charge in [-0.05, 0) is 18.2 Å². The Balaban J connectivity index is 2.58. The average molecular weight is 196 g/mol. The number of halogens is 1. The number of aromatic nitrogens is 1. The van der Waals surface area contributed by atoms with Crippen molar-refractivity contribution >= 4 is 22.5 Å². The van der Waals surface area contributed by atoms with Crippen LogP contribution >= 0.6 is 11.6 Å². The zero-order valence-electron chi connectivity index (χ0n) is 7.30. The van der Waals surface area contributed by atoms with Crippen LogP contribution in [0.4, 0.5) is 0 Å². The van der Waals surface area contributed by atoms with E-state index in [0.717, 1.165) is 21.5 Å². The Morgan fingerprint density at radius 2 is 2.31 bits per heavy atom. The molecule has 2 nitrogen and oxygen atoms in total. The first-order valence-electron chi connectivity index (χ1n) is 4.05. The number of H-pyrrole nitrogens is 1. The second-order valence-electron chi connectivity index (χ2n) is 2.94. The number of methoxy groups -OCH3 is 1. The van der Waals surface area contributed by atoms with Gasteiger partial charge < -0.3 is 9.72 Å². The van der Waals surface area contributed by atoms with Crippen molar-refractivity contribution in [1.82, 2.24) is 4.98 Å². The van der Waals surface area contributed by atoms with Crippen molar-refractivity contribution in [3.63, 3.8) is 0 Å². The molecule has 1 aromatic carbocycles. The van der Waals surface area contributed by atoms with Gasteiger partial charge >= 0.3 is 0 Å². The Morgan fingerprint density at radius 3 is 3.08 bits per heavy atom. The van der Waals surface area contributed by atoms with Crippen LogP contribution in [0.1, 0.15) is 5.56 Å². The second-order valence-corrected chi connectivity index (χ2v) is 3.37. The first-order chi connectivity index (χ1) is 6.31. The fourth-order valence-electron chi connectivity index (χ4n) is 1.43. The van der Waals surface area contributed by atoms with Crippen molar-refractivity contribution in [3.05, 3.63) is 35.0 Å². The largest absolute Gasteiger partial charge is 0.380 e. The summed E-state index contributed by atoms with van der Waals surface area (Å²) in [5.41, 5.74) is 2.23. The first kappa shape index (κ1) is 8.60. The molecule has 2 aromatic rings. The van der Waals surface area contributed by atoms with Crippen LogP contribution < -0.4 is 0 Å². The molecule has 0 aliphatic heterocycles. The van der Waals surface area contributed by atoms with Gasteiger partial charge in [-0.25, -0.2) is 0 Å². The van der Waals surface area contributed by atoms with Gasteiger partial charge in [0.05, 0.1) is 6.61 Å². The quantitative estimate of drug-likeness (QED) is 0.783. The molecule has 1 N–H and O–H groups in total. The highest BCUT2D eigenvalue weighted by atomic mass is 35.5. The Hall–Kier alpha value is -0.990. The standard InChI is InChI=1S/C10H10ClNO/c1-13-6-7-5-12-10-3-2-8(11)4-9(7)10/h2-5,12H,6H2,1H3. The third-order valence-corrected chi connectivity index (χ3v) is 2.26. The molecule has 0 spiro atoms. The highest BCUT2D eigenvalue weighted by Gasteiger charge is 2.02. The van der Waals surface area contributed by atoms with Gasteiger partial charge in [0.15, 0.2) is 0 Å². The minimum Gasteiger partial charge on any atom is -0.380 e. The van der Waals surface area contributed by atoms with Crippen molar-refractivity contribution < 1.29 is 4.74 Å². The summed E-state index contributed by atoms with van der Waals surface area (Å²) in [6, 6.07) is 5.79. The number of hydrogen-bond acceptors (Lipinski definition) is 1. The van der Waals surface area contributed by atoms with Gasteiger partial charge in [0.1, 0.15) is 0 Å². The zero-order chi connectivity index (χ0) is 9.26. The number of benzene rings is 1. The van der Waals surface area contributed by atoms with Crippen LogP contribution in [0.15, 0.2) is 24.4 Å². The molecule has 0 amide bonds. The molecular formula is C10H10ClNO. The minimum absolute atomic E-state index is 0.611. The van der Waals surface area contributed by atoms with Crippen LogP contribution in [0.25, 0.3) is 10.9 Å². The van der Waals surface area contributed by atoms with Crippen LogP contribution in [-0.2, 0) is 11.3 Å². The van der Waals surface area contributed by atoms with E-state index in [1.807, 2.05) is 24.4 Å². The maximum atomic E-state index is 5.89. The van der Waals surface area contributed by atoms with E-state index < -0.39 is 0 Å². The van der Waals surface area contributed by atoms with Crippen molar-refractivity contribution in [2.75, 3.05) is 7.11 Å². The van der Waals surface area contributed by atoms with Crippen LogP contribution in [0.3, 0.4) is 0 Å². The molecule has 68 valence electrons. The molecule has 0 saturated carbocycles. The molecule has 0 aliphatic carbocycles. The number of hydrogen-bond donors (Lipinski definition) is 1. The van der Waals surface area contributed by atoms with Gasteiger partial charge in [-0.1, -0.05) is 11.6 Å². The summed E-state index contributed by atoms with van der Waals surface area (Å²) in [6.07, 6.45) is 1.95. The van der Waals surface area contributed by atoms with E-state index in [1.165, 1.54) is 0 Å². The number of nitrogens with one attached hydrogen (secondary N) is 1. The molecule has 1 heterocycles. The lowest BCUT2D eigenvalue weighted by molar-refractivity contribution is 0.186. The second kappa shape index (κ2) is 3.40. The van der Waals surface area contributed by atoms with E-state index >= 15 is 0 Å². The van der Waals surface area contributed by atoms with Gasteiger partial charge in [-0.2, -0.15) is 0 Å². The Morgan fingerprint density at radius 1 is 1.46 bits per heavy atom. The van der Waals surface area contributed by atoms with E-state index in [0.29, 0.717) is 6.61 Å². The Labute approximate surface area is 81.5 Å². The van der Waals surface area contributed by atoms with Gasteiger partial charge in [-0.3, -0.25) is 0 Å². The molecule has 0 saturated heterocycles. The normalized spacial score (nSPS) is 10.9. The molecule has 2 rings (SSSR count). The molecule has 0 bridgehead atoms. The number of rotatable bonds is 2. The van der Waals surface area contributed by atoms with Crippen LogP contribution in [0, 0.1) is 0 Å². The monoisotopic (exact) mass is 195 g/mol. The summed E-state index contributed by atoms with van der Waals surface area (Å²) >= 11 is 5.89. The van der Waals surface area contributed by atoms with Crippen molar-refractivity contribution in [2.45, 2.75) is 6.61 Å². The molecule has 13 heavy (non-hydrogen) atoms.